The number of likely N-dealkylation sites (tertiary alicyclic amines) is 1. The van der Waals surface area contributed by atoms with Crippen LogP contribution < -0.4 is 15.5 Å². The summed E-state index contributed by atoms with van der Waals surface area (Å²) in [5, 5.41) is 13.7. The molecule has 0 spiro atoms. The van der Waals surface area contributed by atoms with E-state index in [9.17, 15) is 5.26 Å². The van der Waals surface area contributed by atoms with Gasteiger partial charge in [-0.3, -0.25) is 0 Å². The van der Waals surface area contributed by atoms with Crippen molar-refractivity contribution in [1.82, 2.24) is 14.9 Å². The third-order valence-electron chi connectivity index (χ3n) is 5.89. The van der Waals surface area contributed by atoms with Crippen molar-refractivity contribution in [1.29, 1.82) is 5.26 Å². The standard InChI is InChI=1S/C26H24BN5OS2/c1-32-11-3-4-17(15-32)16-33-21-9-7-20(8-10-21)30-26-31-25-24(35-26)23(18(13-28)14-29-25)34-22-6-2-5-19(27)12-22/h2,5-10,12,14,17H,3-4,11,15-16H2,1H3,(H,29,30,31). The molecule has 0 saturated carbocycles. The van der Waals surface area contributed by atoms with Crippen molar-refractivity contribution >= 4 is 57.6 Å². The second-order valence-electron chi connectivity index (χ2n) is 8.69. The summed E-state index contributed by atoms with van der Waals surface area (Å²) in [6.45, 7) is 3.02. The minimum Gasteiger partial charge on any atom is -0.493 e. The summed E-state index contributed by atoms with van der Waals surface area (Å²) in [5.41, 5.74) is 2.73. The Morgan fingerprint density at radius 1 is 1.29 bits per heavy atom. The van der Waals surface area contributed by atoms with Crippen LogP contribution in [-0.2, 0) is 0 Å². The maximum absolute atomic E-state index is 9.64. The summed E-state index contributed by atoms with van der Waals surface area (Å²) in [6.07, 6.45) is 4.04. The largest absolute Gasteiger partial charge is 0.493 e. The molecule has 174 valence electrons. The van der Waals surface area contributed by atoms with Gasteiger partial charge >= 0.3 is 0 Å². The number of rotatable bonds is 7. The van der Waals surface area contributed by atoms with E-state index in [2.05, 4.69) is 33.3 Å². The van der Waals surface area contributed by atoms with Crippen LogP contribution in [0, 0.1) is 17.2 Å². The molecule has 6 nitrogen and oxygen atoms in total. The van der Waals surface area contributed by atoms with Crippen molar-refractivity contribution in [3.05, 3.63) is 60.3 Å². The maximum atomic E-state index is 9.64. The highest BCUT2D eigenvalue weighted by Crippen LogP contribution is 2.39. The van der Waals surface area contributed by atoms with Gasteiger partial charge in [0.25, 0.3) is 0 Å². The van der Waals surface area contributed by atoms with Crippen molar-refractivity contribution in [3.8, 4) is 11.8 Å². The van der Waals surface area contributed by atoms with E-state index >= 15 is 0 Å². The average molecular weight is 497 g/mol. The molecular formula is C26H24BN5OS2. The number of pyridine rings is 1. The van der Waals surface area contributed by atoms with Gasteiger partial charge in [0.05, 0.1) is 21.8 Å². The summed E-state index contributed by atoms with van der Waals surface area (Å²) in [4.78, 5) is 13.2. The number of nitriles is 1. The topological polar surface area (TPSA) is 74.1 Å². The number of thiazole rings is 1. The minimum absolute atomic E-state index is 0.519. The first-order valence-electron chi connectivity index (χ1n) is 11.5. The van der Waals surface area contributed by atoms with Crippen LogP contribution in [0.3, 0.4) is 0 Å². The Morgan fingerprint density at radius 3 is 2.91 bits per heavy atom. The van der Waals surface area contributed by atoms with Crippen molar-refractivity contribution in [3.63, 3.8) is 0 Å². The SMILES string of the molecule is [B]c1cccc(Sc2c(C#N)cnc3nc(Nc4ccc(OCC5CCCN(C)C5)cc4)sc23)c1. The highest BCUT2D eigenvalue weighted by atomic mass is 32.2. The number of anilines is 2. The zero-order valence-corrected chi connectivity index (χ0v) is 21.0. The molecule has 2 aromatic carbocycles. The normalized spacial score (nSPS) is 16.2. The summed E-state index contributed by atoms with van der Waals surface area (Å²) < 4.78 is 6.91. The van der Waals surface area contributed by atoms with Crippen LogP contribution in [0.2, 0.25) is 0 Å². The molecule has 2 radical (unpaired) electrons. The van der Waals surface area contributed by atoms with Gasteiger partial charge < -0.3 is 15.0 Å². The molecular weight excluding hydrogens is 473 g/mol. The average Bonchev–Trinajstić information content (AvgIpc) is 3.27. The number of benzene rings is 2. The van der Waals surface area contributed by atoms with Crippen LogP contribution in [0.5, 0.6) is 5.75 Å². The van der Waals surface area contributed by atoms with E-state index in [0.29, 0.717) is 22.6 Å². The summed E-state index contributed by atoms with van der Waals surface area (Å²) in [5.74, 6) is 1.45. The molecule has 4 aromatic rings. The van der Waals surface area contributed by atoms with E-state index in [0.717, 1.165) is 44.2 Å². The lowest BCUT2D eigenvalue weighted by Crippen LogP contribution is -2.34. The molecule has 5 rings (SSSR count). The molecule has 0 aliphatic carbocycles. The Bertz CT molecular complexity index is 1370. The third-order valence-corrected chi connectivity index (χ3v) is 8.11. The number of nitrogens with one attached hydrogen (secondary N) is 1. The highest BCUT2D eigenvalue weighted by molar-refractivity contribution is 7.99. The fraction of sp³-hybridized carbons (Fsp3) is 0.269. The van der Waals surface area contributed by atoms with Crippen molar-refractivity contribution < 1.29 is 4.74 Å². The van der Waals surface area contributed by atoms with Crippen molar-refractivity contribution in [2.75, 3.05) is 32.1 Å². The molecule has 1 aliphatic heterocycles. The van der Waals surface area contributed by atoms with Crippen LogP contribution >= 0.6 is 23.1 Å². The monoisotopic (exact) mass is 497 g/mol. The zero-order chi connectivity index (χ0) is 24.2. The lowest BCUT2D eigenvalue weighted by atomic mass is 9.97. The molecule has 1 N–H and O–H groups in total. The van der Waals surface area contributed by atoms with Gasteiger partial charge in [-0.25, -0.2) is 4.98 Å². The highest BCUT2D eigenvalue weighted by Gasteiger charge is 2.18. The fourth-order valence-electron chi connectivity index (χ4n) is 4.17. The number of fused-ring (bicyclic) bond motifs is 1. The second-order valence-corrected chi connectivity index (χ2v) is 10.8. The first-order chi connectivity index (χ1) is 17.1. The minimum atomic E-state index is 0.519. The predicted molar refractivity (Wildman–Crippen MR) is 144 cm³/mol. The van der Waals surface area contributed by atoms with Crippen LogP contribution in [0.4, 0.5) is 10.8 Å². The molecule has 0 amide bonds. The number of hydrogen-bond acceptors (Lipinski definition) is 8. The smallest absolute Gasteiger partial charge is 0.189 e. The quantitative estimate of drug-likeness (QED) is 0.362. The Labute approximate surface area is 214 Å². The van der Waals surface area contributed by atoms with Crippen molar-refractivity contribution in [2.45, 2.75) is 22.6 Å². The Hall–Kier alpha value is -3.06. The summed E-state index contributed by atoms with van der Waals surface area (Å²) in [6, 6.07) is 17.8. The fourth-order valence-corrected chi connectivity index (χ4v) is 6.27. The first kappa shape index (κ1) is 23.7. The first-order valence-corrected chi connectivity index (χ1v) is 13.1. The molecule has 2 aromatic heterocycles. The number of ether oxygens (including phenoxy) is 1. The van der Waals surface area contributed by atoms with E-state index in [4.69, 9.17) is 12.6 Å². The van der Waals surface area contributed by atoms with Crippen LogP contribution in [0.1, 0.15) is 18.4 Å². The third kappa shape index (κ3) is 5.78. The molecule has 1 fully saturated rings. The molecule has 1 atom stereocenters. The Balaban J connectivity index is 1.30. The van der Waals surface area contributed by atoms with E-state index in [1.165, 1.54) is 42.5 Å². The van der Waals surface area contributed by atoms with Crippen molar-refractivity contribution in [2.24, 2.45) is 5.92 Å². The van der Waals surface area contributed by atoms with Gasteiger partial charge in [0.2, 0.25) is 0 Å². The number of aromatic nitrogens is 2. The molecule has 1 unspecified atom stereocenters. The zero-order valence-electron chi connectivity index (χ0n) is 19.4. The molecule has 1 saturated heterocycles. The molecule has 3 heterocycles. The van der Waals surface area contributed by atoms with Gasteiger partial charge in [-0.1, -0.05) is 46.8 Å². The molecule has 0 bridgehead atoms. The van der Waals surface area contributed by atoms with Gasteiger partial charge in [-0.2, -0.15) is 10.2 Å². The predicted octanol–water partition coefficient (Wildman–Crippen LogP) is 4.97. The van der Waals surface area contributed by atoms with Gasteiger partial charge in [-0.15, -0.1) is 0 Å². The molecule has 9 heteroatoms. The lowest BCUT2D eigenvalue weighted by molar-refractivity contribution is 0.150. The number of piperidine rings is 1. The number of nitrogens with zero attached hydrogens (tertiary/aromatic N) is 4. The van der Waals surface area contributed by atoms with E-state index in [-0.39, 0.29) is 0 Å². The van der Waals surface area contributed by atoms with E-state index < -0.39 is 0 Å². The van der Waals surface area contributed by atoms with E-state index in [1.807, 2.05) is 48.5 Å². The van der Waals surface area contributed by atoms with Crippen LogP contribution in [0.25, 0.3) is 10.3 Å². The van der Waals surface area contributed by atoms with Gasteiger partial charge in [-0.05, 0) is 56.8 Å². The summed E-state index contributed by atoms with van der Waals surface area (Å²) >= 11 is 2.98. The number of hydrogen-bond donors (Lipinski definition) is 1. The second kappa shape index (κ2) is 10.7. The van der Waals surface area contributed by atoms with Crippen LogP contribution in [0.15, 0.2) is 64.5 Å². The maximum Gasteiger partial charge on any atom is 0.189 e. The Morgan fingerprint density at radius 2 is 2.14 bits per heavy atom. The summed E-state index contributed by atoms with van der Waals surface area (Å²) in [7, 11) is 8.11. The van der Waals surface area contributed by atoms with E-state index in [1.54, 1.807) is 6.20 Å². The Kier molecular flexibility index (Phi) is 7.23. The van der Waals surface area contributed by atoms with Gasteiger partial charge in [0.1, 0.15) is 19.7 Å². The molecule has 1 aliphatic rings. The lowest BCUT2D eigenvalue weighted by Gasteiger charge is -2.29. The van der Waals surface area contributed by atoms with Gasteiger partial charge in [0.15, 0.2) is 10.8 Å². The van der Waals surface area contributed by atoms with Crippen LogP contribution in [-0.4, -0.2) is 49.5 Å². The molecule has 35 heavy (non-hydrogen) atoms. The van der Waals surface area contributed by atoms with Gasteiger partial charge in [0, 0.05) is 29.2 Å².